The van der Waals surface area contributed by atoms with Crippen LogP contribution >= 0.6 is 23.2 Å². The van der Waals surface area contributed by atoms with Crippen LogP contribution in [-0.4, -0.2) is 69.1 Å². The quantitative estimate of drug-likeness (QED) is 0.108. The number of phenolic OH excluding ortho intramolecular Hbond substituents is 1. The molecule has 14 nitrogen and oxygen atoms in total. The molecule has 6 unspecified atom stereocenters. The lowest BCUT2D eigenvalue weighted by atomic mass is 9.49. The minimum absolute atomic E-state index is 0.0177. The lowest BCUT2D eigenvalue weighted by Crippen LogP contribution is -2.53. The number of aromatic nitrogens is 1. The van der Waals surface area contributed by atoms with Gasteiger partial charge in [0, 0.05) is 40.9 Å². The summed E-state index contributed by atoms with van der Waals surface area (Å²) in [5.74, 6) is -11.9. The number of fused-ring (bicyclic) bond motifs is 4. The number of aromatic carboxylic acids is 1. The number of phenols is 2. The molecule has 4 N–H and O–H groups in total. The Bertz CT molecular complexity index is 2570. The average molecular weight is 868 g/mol. The summed E-state index contributed by atoms with van der Waals surface area (Å²) in [6.45, 7) is 0. The molecular formula is C41H31Cl2F3N4O10. The SMILES string of the molecule is COc1cc(O)c(C2C3=CCC4C(=O)N(c5ccc(C(=O)O)c(O)c5)C(=O)C4C3CC3C(=O)N(Nc4ncc(C(F)(F)F)cc4Cl)C(=O)C32c2ccc(Cl)cc2)c(OC)c1. The summed E-state index contributed by atoms with van der Waals surface area (Å²) >= 11 is 12.6. The van der Waals surface area contributed by atoms with Gasteiger partial charge in [-0.05, 0) is 54.7 Å². The van der Waals surface area contributed by atoms with E-state index in [2.05, 4.69) is 10.4 Å². The summed E-state index contributed by atoms with van der Waals surface area (Å²) in [4.78, 5) is 75.4. The standard InChI is InChI=1S/C41H31Cl2F3N4O10/c1-59-21-13-29(52)32(30(14-21)60-2)33-22-9-10-24-31(37(55)49(35(24)53)20-7-8-23(38(56)57)28(51)12-20)25(22)15-26-36(54)50(39(58)40(26,33)17-3-5-19(42)6-4-17)48-34-27(43)11-18(16-47-34)41(44,45)46/h3-9,11-14,16,24-26,31,33,51-52H,10,15H2,1-2H3,(H,47,48)(H,56,57). The fraction of sp³-hybridized carbons (Fsp3) is 0.268. The number of carboxylic acids is 1. The Labute approximate surface area is 347 Å². The first-order valence-electron chi connectivity index (χ1n) is 18.2. The molecule has 0 radical (unpaired) electrons. The first-order valence-corrected chi connectivity index (χ1v) is 18.9. The molecule has 6 atom stereocenters. The van der Waals surface area contributed by atoms with Gasteiger partial charge in [-0.25, -0.2) is 14.7 Å². The van der Waals surface area contributed by atoms with Crippen molar-refractivity contribution in [1.82, 2.24) is 9.99 Å². The van der Waals surface area contributed by atoms with E-state index < -0.39 is 104 Å². The third-order valence-corrected chi connectivity index (χ3v) is 12.4. The van der Waals surface area contributed by atoms with Gasteiger partial charge in [-0.15, -0.1) is 0 Å². The highest BCUT2D eigenvalue weighted by molar-refractivity contribution is 6.33. The highest BCUT2D eigenvalue weighted by atomic mass is 35.5. The first-order chi connectivity index (χ1) is 28.4. The molecule has 4 aliphatic rings. The van der Waals surface area contributed by atoms with Gasteiger partial charge in [-0.3, -0.25) is 24.6 Å². The topological polar surface area (TPSA) is 196 Å². The van der Waals surface area contributed by atoms with Gasteiger partial charge >= 0.3 is 12.1 Å². The summed E-state index contributed by atoms with van der Waals surface area (Å²) in [6.07, 6.45) is -2.93. The summed E-state index contributed by atoms with van der Waals surface area (Å²) < 4.78 is 51.8. The van der Waals surface area contributed by atoms with Crippen LogP contribution in [0.25, 0.3) is 0 Å². The number of ether oxygens (including phenoxy) is 2. The number of hydrazine groups is 1. The summed E-state index contributed by atoms with van der Waals surface area (Å²) in [7, 11) is 2.66. The molecule has 2 aliphatic heterocycles. The van der Waals surface area contributed by atoms with E-state index in [0.717, 1.165) is 17.0 Å². The Balaban J connectivity index is 1.33. The maximum Gasteiger partial charge on any atom is 0.417 e. The molecule has 60 heavy (non-hydrogen) atoms. The molecule has 4 aromatic rings. The second-order valence-electron chi connectivity index (χ2n) is 14.7. The highest BCUT2D eigenvalue weighted by Crippen LogP contribution is 2.66. The Kier molecular flexibility index (Phi) is 9.74. The van der Waals surface area contributed by atoms with Crippen molar-refractivity contribution in [3.05, 3.63) is 111 Å². The number of rotatable bonds is 8. The van der Waals surface area contributed by atoms with E-state index in [1.54, 1.807) is 6.08 Å². The number of carbonyl (C=O) groups excluding carboxylic acids is 4. The number of carbonyl (C=O) groups is 5. The number of pyridine rings is 1. The molecule has 19 heteroatoms. The van der Waals surface area contributed by atoms with E-state index in [1.807, 2.05) is 0 Å². The number of allylic oxidation sites excluding steroid dienone is 2. The monoisotopic (exact) mass is 866 g/mol. The zero-order valence-corrected chi connectivity index (χ0v) is 32.7. The highest BCUT2D eigenvalue weighted by Gasteiger charge is 2.71. The largest absolute Gasteiger partial charge is 0.507 e. The maximum atomic E-state index is 15.5. The van der Waals surface area contributed by atoms with E-state index >= 15 is 4.79 Å². The van der Waals surface area contributed by atoms with Crippen molar-refractivity contribution < 1.29 is 61.9 Å². The molecule has 3 fully saturated rings. The van der Waals surface area contributed by atoms with Crippen LogP contribution in [0.2, 0.25) is 10.0 Å². The number of hydrogen-bond acceptors (Lipinski definition) is 11. The van der Waals surface area contributed by atoms with Crippen molar-refractivity contribution in [2.75, 3.05) is 24.5 Å². The van der Waals surface area contributed by atoms with Crippen LogP contribution < -0.4 is 19.8 Å². The molecule has 1 saturated carbocycles. The van der Waals surface area contributed by atoms with E-state index in [4.69, 9.17) is 32.7 Å². The van der Waals surface area contributed by atoms with Crippen LogP contribution in [0, 0.1) is 23.7 Å². The summed E-state index contributed by atoms with van der Waals surface area (Å²) in [5, 5.41) is 32.1. The summed E-state index contributed by atoms with van der Waals surface area (Å²) in [6, 6.07) is 12.6. The number of halogens is 5. The number of aromatic hydroxyl groups is 2. The van der Waals surface area contributed by atoms with Gasteiger partial charge in [0.15, 0.2) is 5.82 Å². The second kappa shape index (κ2) is 14.4. The second-order valence-corrected chi connectivity index (χ2v) is 15.5. The van der Waals surface area contributed by atoms with Crippen LogP contribution in [0.5, 0.6) is 23.0 Å². The Morgan fingerprint density at radius 2 is 1.63 bits per heavy atom. The van der Waals surface area contributed by atoms with Gasteiger partial charge in [-0.2, -0.15) is 18.2 Å². The number of imide groups is 2. The van der Waals surface area contributed by atoms with Gasteiger partial charge in [0.1, 0.15) is 28.6 Å². The summed E-state index contributed by atoms with van der Waals surface area (Å²) in [5.41, 5.74) is -0.549. The number of nitrogens with one attached hydrogen (secondary N) is 1. The lowest BCUT2D eigenvalue weighted by molar-refractivity contribution is -0.139. The predicted octanol–water partition coefficient (Wildman–Crippen LogP) is 6.72. The van der Waals surface area contributed by atoms with Gasteiger partial charge in [-0.1, -0.05) is 47.0 Å². The molecule has 0 spiro atoms. The number of benzene rings is 3. The Morgan fingerprint density at radius 3 is 2.25 bits per heavy atom. The van der Waals surface area contributed by atoms with Gasteiger partial charge in [0.25, 0.3) is 11.8 Å². The lowest BCUT2D eigenvalue weighted by Gasteiger charge is -2.50. The number of nitrogens with zero attached hydrogens (tertiary/aromatic N) is 3. The molecule has 8 rings (SSSR count). The smallest absolute Gasteiger partial charge is 0.417 e. The van der Waals surface area contributed by atoms with Crippen molar-refractivity contribution in [2.45, 2.75) is 30.4 Å². The number of methoxy groups -OCH3 is 2. The molecule has 3 aromatic carbocycles. The van der Waals surface area contributed by atoms with Gasteiger partial charge in [0.2, 0.25) is 11.8 Å². The molecule has 2 aliphatic carbocycles. The maximum absolute atomic E-state index is 15.5. The van der Waals surface area contributed by atoms with E-state index in [0.29, 0.717) is 22.8 Å². The van der Waals surface area contributed by atoms with Crippen LogP contribution in [0.4, 0.5) is 24.7 Å². The van der Waals surface area contributed by atoms with Gasteiger partial charge in [0.05, 0.1) is 53.7 Å². The van der Waals surface area contributed by atoms with Gasteiger partial charge < -0.3 is 24.8 Å². The van der Waals surface area contributed by atoms with E-state index in [1.165, 1.54) is 56.7 Å². The Hall–Kier alpha value is -6.33. The molecule has 4 amide bonds. The Morgan fingerprint density at radius 1 is 0.917 bits per heavy atom. The molecule has 310 valence electrons. The van der Waals surface area contributed by atoms with Crippen LogP contribution in [-0.2, 0) is 30.8 Å². The average Bonchev–Trinajstić information content (AvgIpc) is 3.58. The van der Waals surface area contributed by atoms with Crippen molar-refractivity contribution in [1.29, 1.82) is 0 Å². The first kappa shape index (κ1) is 40.4. The molecule has 2 saturated heterocycles. The van der Waals surface area contributed by atoms with E-state index in [-0.39, 0.29) is 46.2 Å². The van der Waals surface area contributed by atoms with Crippen molar-refractivity contribution >= 4 is 64.3 Å². The van der Waals surface area contributed by atoms with Crippen molar-refractivity contribution in [2.24, 2.45) is 23.7 Å². The fourth-order valence-corrected chi connectivity index (χ4v) is 9.69. The third-order valence-electron chi connectivity index (χ3n) is 11.9. The molecule has 3 heterocycles. The molecule has 0 bridgehead atoms. The number of hydrogen-bond donors (Lipinski definition) is 4. The molecular weight excluding hydrogens is 836 g/mol. The minimum atomic E-state index is -4.81. The number of alkyl halides is 3. The number of anilines is 2. The van der Waals surface area contributed by atoms with Crippen LogP contribution in [0.1, 0.15) is 45.8 Å². The third kappa shape index (κ3) is 6.00. The zero-order valence-electron chi connectivity index (χ0n) is 31.2. The fourth-order valence-electron chi connectivity index (χ4n) is 9.36. The minimum Gasteiger partial charge on any atom is -0.507 e. The normalized spacial score (nSPS) is 24.8. The molecule has 1 aromatic heterocycles. The van der Waals surface area contributed by atoms with Crippen LogP contribution in [0.15, 0.2) is 78.5 Å². The van der Waals surface area contributed by atoms with Crippen molar-refractivity contribution in [3.8, 4) is 23.0 Å². The predicted molar refractivity (Wildman–Crippen MR) is 206 cm³/mol. The van der Waals surface area contributed by atoms with Crippen LogP contribution in [0.3, 0.4) is 0 Å². The van der Waals surface area contributed by atoms with Crippen molar-refractivity contribution in [3.63, 3.8) is 0 Å². The zero-order chi connectivity index (χ0) is 43.2. The number of amides is 4. The number of carboxylic acid groups (broad SMARTS) is 1. The van der Waals surface area contributed by atoms with E-state index in [9.17, 15) is 47.7 Å².